The van der Waals surface area contributed by atoms with Gasteiger partial charge in [0.25, 0.3) is 0 Å². The lowest BCUT2D eigenvalue weighted by Crippen LogP contribution is -2.02. The van der Waals surface area contributed by atoms with Crippen molar-refractivity contribution in [2.24, 2.45) is 0 Å². The van der Waals surface area contributed by atoms with Crippen LogP contribution in [-0.4, -0.2) is 9.13 Å². The Balaban J connectivity index is 1.38. The molecule has 0 saturated heterocycles. The first-order chi connectivity index (χ1) is 23.7. The van der Waals surface area contributed by atoms with Crippen LogP contribution in [0.2, 0.25) is 0 Å². The molecule has 0 saturated carbocycles. The Kier molecular flexibility index (Phi) is 6.22. The maximum Gasteiger partial charge on any atom is 0.101 e. The van der Waals surface area contributed by atoms with Gasteiger partial charge in [0.05, 0.1) is 50.6 Å². The molecule has 7 aromatic carbocycles. The molecule has 0 N–H and O–H groups in total. The maximum atomic E-state index is 10.5. The van der Waals surface area contributed by atoms with E-state index in [9.17, 15) is 10.5 Å². The van der Waals surface area contributed by atoms with E-state index in [1.807, 2.05) is 48.5 Å². The van der Waals surface area contributed by atoms with Crippen molar-refractivity contribution in [3.63, 3.8) is 0 Å². The SMILES string of the molecule is N#Cc1ccc2c(c1)c1ccccc1n2-c1c(C#N)cccc1-c1ccc(-c2ccccc2)c(-n2c3ccccc3c3ccccc32)c1. The molecule has 48 heavy (non-hydrogen) atoms. The quantitative estimate of drug-likeness (QED) is 0.199. The van der Waals surface area contributed by atoms with Crippen LogP contribution in [0.3, 0.4) is 0 Å². The first-order valence-electron chi connectivity index (χ1n) is 15.9. The Hall–Kier alpha value is -6.88. The van der Waals surface area contributed by atoms with E-state index in [0.29, 0.717) is 11.1 Å². The van der Waals surface area contributed by atoms with Crippen molar-refractivity contribution in [2.45, 2.75) is 0 Å². The number of rotatable bonds is 4. The average molecular weight is 611 g/mol. The second-order valence-electron chi connectivity index (χ2n) is 12.0. The highest BCUT2D eigenvalue weighted by atomic mass is 15.0. The molecule has 9 aromatic rings. The normalized spacial score (nSPS) is 11.3. The minimum Gasteiger partial charge on any atom is -0.309 e. The summed E-state index contributed by atoms with van der Waals surface area (Å²) in [4.78, 5) is 0. The molecular formula is C44H26N4. The predicted molar refractivity (Wildman–Crippen MR) is 195 cm³/mol. The number of benzene rings is 7. The average Bonchev–Trinajstić information content (AvgIpc) is 3.67. The number of hydrogen-bond acceptors (Lipinski definition) is 2. The van der Waals surface area contributed by atoms with Gasteiger partial charge in [-0.3, -0.25) is 0 Å². The smallest absolute Gasteiger partial charge is 0.101 e. The highest BCUT2D eigenvalue weighted by Crippen LogP contribution is 2.42. The largest absolute Gasteiger partial charge is 0.309 e. The Labute approximate surface area is 277 Å². The van der Waals surface area contributed by atoms with Gasteiger partial charge in [-0.1, -0.05) is 109 Å². The van der Waals surface area contributed by atoms with E-state index in [1.165, 1.54) is 10.8 Å². The summed E-state index contributed by atoms with van der Waals surface area (Å²) in [7, 11) is 0. The summed E-state index contributed by atoms with van der Waals surface area (Å²) in [6.45, 7) is 0. The highest BCUT2D eigenvalue weighted by molar-refractivity contribution is 6.11. The molecule has 2 aromatic heterocycles. The van der Waals surface area contributed by atoms with E-state index in [-0.39, 0.29) is 0 Å². The molecule has 4 nitrogen and oxygen atoms in total. The van der Waals surface area contributed by atoms with Gasteiger partial charge >= 0.3 is 0 Å². The zero-order chi connectivity index (χ0) is 32.2. The summed E-state index contributed by atoms with van der Waals surface area (Å²) in [5.74, 6) is 0. The van der Waals surface area contributed by atoms with Crippen LogP contribution in [0.4, 0.5) is 0 Å². The van der Waals surface area contributed by atoms with Gasteiger partial charge in [0.15, 0.2) is 0 Å². The van der Waals surface area contributed by atoms with Crippen molar-refractivity contribution in [1.29, 1.82) is 10.5 Å². The first kappa shape index (κ1) is 27.4. The summed E-state index contributed by atoms with van der Waals surface area (Å²) in [6.07, 6.45) is 0. The fraction of sp³-hybridized carbons (Fsp3) is 0. The van der Waals surface area contributed by atoms with E-state index in [0.717, 1.165) is 66.5 Å². The number of para-hydroxylation sites is 4. The molecule has 9 rings (SSSR count). The first-order valence-corrected chi connectivity index (χ1v) is 15.9. The fourth-order valence-corrected chi connectivity index (χ4v) is 7.32. The van der Waals surface area contributed by atoms with Crippen molar-refractivity contribution >= 4 is 43.6 Å². The molecule has 0 spiro atoms. The Morgan fingerprint density at radius 1 is 0.396 bits per heavy atom. The van der Waals surface area contributed by atoms with Crippen molar-refractivity contribution in [1.82, 2.24) is 9.13 Å². The molecule has 0 aliphatic heterocycles. The van der Waals surface area contributed by atoms with Crippen molar-refractivity contribution < 1.29 is 0 Å². The number of aromatic nitrogens is 2. The molecule has 4 heteroatoms. The van der Waals surface area contributed by atoms with Crippen LogP contribution in [0.5, 0.6) is 0 Å². The number of nitrogens with zero attached hydrogens (tertiary/aromatic N) is 4. The van der Waals surface area contributed by atoms with Gasteiger partial charge < -0.3 is 9.13 Å². The van der Waals surface area contributed by atoms with Crippen molar-refractivity contribution in [3.05, 3.63) is 169 Å². The number of hydrogen-bond donors (Lipinski definition) is 0. The van der Waals surface area contributed by atoms with Crippen molar-refractivity contribution in [2.75, 3.05) is 0 Å². The number of fused-ring (bicyclic) bond motifs is 6. The summed E-state index contributed by atoms with van der Waals surface area (Å²) in [6, 6.07) is 59.0. The van der Waals surface area contributed by atoms with Gasteiger partial charge in [0.2, 0.25) is 0 Å². The summed E-state index contributed by atoms with van der Waals surface area (Å²) >= 11 is 0. The molecule has 0 atom stereocenters. The van der Waals surface area contributed by atoms with E-state index >= 15 is 0 Å². The summed E-state index contributed by atoms with van der Waals surface area (Å²) in [5.41, 5.74) is 11.4. The molecule has 0 amide bonds. The van der Waals surface area contributed by atoms with E-state index in [1.54, 1.807) is 0 Å². The van der Waals surface area contributed by atoms with E-state index < -0.39 is 0 Å². The summed E-state index contributed by atoms with van der Waals surface area (Å²) in [5, 5.41) is 24.7. The second kappa shape index (κ2) is 10.9. The third-order valence-corrected chi connectivity index (χ3v) is 9.40. The number of nitriles is 2. The van der Waals surface area contributed by atoms with Crippen LogP contribution < -0.4 is 0 Å². The predicted octanol–water partition coefficient (Wildman–Crippen LogP) is 11.0. The third kappa shape index (κ3) is 4.07. The van der Waals surface area contributed by atoms with Crippen LogP contribution in [0.15, 0.2) is 158 Å². The van der Waals surface area contributed by atoms with Crippen LogP contribution in [-0.2, 0) is 0 Å². The monoisotopic (exact) mass is 610 g/mol. The van der Waals surface area contributed by atoms with Gasteiger partial charge in [0.1, 0.15) is 6.07 Å². The molecular weight excluding hydrogens is 585 g/mol. The second-order valence-corrected chi connectivity index (χ2v) is 12.0. The lowest BCUT2D eigenvalue weighted by atomic mass is 9.95. The Bertz CT molecular complexity index is 2750. The van der Waals surface area contributed by atoms with Crippen LogP contribution in [0, 0.1) is 22.7 Å². The molecule has 0 aliphatic carbocycles. The summed E-state index contributed by atoms with van der Waals surface area (Å²) < 4.78 is 4.55. The topological polar surface area (TPSA) is 57.4 Å². The molecule has 0 aliphatic rings. The zero-order valence-corrected chi connectivity index (χ0v) is 25.8. The Morgan fingerprint density at radius 3 is 1.67 bits per heavy atom. The van der Waals surface area contributed by atoms with Crippen LogP contribution in [0.1, 0.15) is 11.1 Å². The molecule has 222 valence electrons. The fourth-order valence-electron chi connectivity index (χ4n) is 7.32. The Morgan fingerprint density at radius 2 is 1.00 bits per heavy atom. The third-order valence-electron chi connectivity index (χ3n) is 9.40. The molecule has 0 fully saturated rings. The van der Waals surface area contributed by atoms with E-state index in [2.05, 4.69) is 130 Å². The minimum atomic E-state index is 0.574. The van der Waals surface area contributed by atoms with Gasteiger partial charge in [-0.15, -0.1) is 0 Å². The van der Waals surface area contributed by atoms with Gasteiger partial charge in [-0.2, -0.15) is 10.5 Å². The molecule has 2 heterocycles. The van der Waals surface area contributed by atoms with Gasteiger partial charge in [-0.05, 0) is 59.7 Å². The standard InChI is InChI=1S/C44H26N4/c45-27-29-21-24-42-38(25-29)37-16-6-9-20-41(37)48(42)44-32(28-46)13-10-17-34(44)31-22-23-33(30-11-2-1-3-12-30)43(26-31)47-39-18-7-4-14-35(39)36-15-5-8-19-40(36)47/h1-26H. The molecule has 0 unspecified atom stereocenters. The molecule has 0 bridgehead atoms. The van der Waals surface area contributed by atoms with Gasteiger partial charge in [0, 0.05) is 32.7 Å². The van der Waals surface area contributed by atoms with Crippen LogP contribution >= 0.6 is 0 Å². The zero-order valence-electron chi connectivity index (χ0n) is 25.8. The lowest BCUT2D eigenvalue weighted by molar-refractivity contribution is 1.16. The minimum absolute atomic E-state index is 0.574. The van der Waals surface area contributed by atoms with E-state index in [4.69, 9.17) is 0 Å². The molecule has 0 radical (unpaired) electrons. The van der Waals surface area contributed by atoms with Gasteiger partial charge in [-0.25, -0.2) is 0 Å². The highest BCUT2D eigenvalue weighted by Gasteiger charge is 2.21. The lowest BCUT2D eigenvalue weighted by Gasteiger charge is -2.19. The van der Waals surface area contributed by atoms with Crippen molar-refractivity contribution in [3.8, 4) is 45.8 Å². The maximum absolute atomic E-state index is 10.5. The van der Waals surface area contributed by atoms with Crippen LogP contribution in [0.25, 0.3) is 77.2 Å².